The van der Waals surface area contributed by atoms with Crippen molar-refractivity contribution in [3.8, 4) is 0 Å². The van der Waals surface area contributed by atoms with E-state index in [1.165, 1.54) is 0 Å². The van der Waals surface area contributed by atoms with Crippen LogP contribution in [0.15, 0.2) is 12.2 Å². The van der Waals surface area contributed by atoms with Crippen LogP contribution in [-0.4, -0.2) is 29.2 Å². The summed E-state index contributed by atoms with van der Waals surface area (Å²) in [6.07, 6.45) is 6.95. The number of rotatable bonds is 0. The minimum Gasteiger partial charge on any atom is -0.390 e. The predicted octanol–water partition coefficient (Wildman–Crippen LogP) is 2.87. The molecule has 5 rings (SSSR count). The lowest BCUT2D eigenvalue weighted by atomic mass is 9.43. The topological polar surface area (TPSA) is 49.8 Å². The Morgan fingerprint density at radius 1 is 1.18 bits per heavy atom. The number of aliphatic hydroxyl groups is 1. The van der Waals surface area contributed by atoms with Gasteiger partial charge in [0.2, 0.25) is 0 Å². The van der Waals surface area contributed by atoms with Crippen LogP contribution in [0.2, 0.25) is 0 Å². The fraction of sp³-hybridized carbons (Fsp3) is 0.842. The highest BCUT2D eigenvalue weighted by molar-refractivity contribution is 6.03. The second-order valence-corrected chi connectivity index (χ2v) is 8.94. The van der Waals surface area contributed by atoms with E-state index in [9.17, 15) is 9.90 Å². The summed E-state index contributed by atoms with van der Waals surface area (Å²) in [6.45, 7) is 7.24. The summed E-state index contributed by atoms with van der Waals surface area (Å²) in [4.78, 5) is 13.0. The Morgan fingerprint density at radius 2 is 1.95 bits per heavy atom. The molecular formula is C19H26O3. The maximum atomic E-state index is 13.0. The normalized spacial score (nSPS) is 59.4. The van der Waals surface area contributed by atoms with Crippen molar-refractivity contribution in [1.29, 1.82) is 0 Å². The molecule has 4 saturated carbocycles. The highest BCUT2D eigenvalue weighted by atomic mass is 16.6. The maximum absolute atomic E-state index is 13.0. The van der Waals surface area contributed by atoms with Gasteiger partial charge in [-0.05, 0) is 73.7 Å². The Bertz CT molecular complexity index is 577. The lowest BCUT2D eigenvalue weighted by Crippen LogP contribution is -2.61. The molecule has 1 heterocycles. The van der Waals surface area contributed by atoms with Gasteiger partial charge in [-0.2, -0.15) is 0 Å². The second-order valence-electron chi connectivity index (χ2n) is 8.94. The number of carbonyl (C=O) groups excluding carboxylic acids is 1. The van der Waals surface area contributed by atoms with Crippen molar-refractivity contribution >= 4 is 5.78 Å². The molecule has 5 fully saturated rings. The summed E-state index contributed by atoms with van der Waals surface area (Å²) < 4.78 is 5.84. The summed E-state index contributed by atoms with van der Waals surface area (Å²) in [5.74, 6) is 1.73. The van der Waals surface area contributed by atoms with Crippen LogP contribution in [0.1, 0.15) is 51.9 Å². The first kappa shape index (κ1) is 13.7. The molecule has 0 amide bonds. The first-order valence-corrected chi connectivity index (χ1v) is 9.00. The van der Waals surface area contributed by atoms with Crippen LogP contribution >= 0.6 is 0 Å². The molecule has 2 bridgehead atoms. The van der Waals surface area contributed by atoms with Gasteiger partial charge >= 0.3 is 0 Å². The van der Waals surface area contributed by atoms with E-state index < -0.39 is 0 Å². The third kappa shape index (κ3) is 1.31. The Kier molecular flexibility index (Phi) is 2.41. The Balaban J connectivity index is 1.59. The molecule has 0 radical (unpaired) electrons. The van der Waals surface area contributed by atoms with Crippen molar-refractivity contribution in [2.45, 2.75) is 63.6 Å². The van der Waals surface area contributed by atoms with Gasteiger partial charge in [-0.3, -0.25) is 4.79 Å². The average molecular weight is 302 g/mol. The highest BCUT2D eigenvalue weighted by Crippen LogP contribution is 2.71. The molecule has 2 spiro atoms. The van der Waals surface area contributed by atoms with Gasteiger partial charge in [-0.15, -0.1) is 0 Å². The first-order valence-electron chi connectivity index (χ1n) is 9.00. The van der Waals surface area contributed by atoms with Gasteiger partial charge in [0.1, 0.15) is 5.60 Å². The van der Waals surface area contributed by atoms with Crippen molar-refractivity contribution in [2.24, 2.45) is 28.6 Å². The number of epoxide rings is 1. The van der Waals surface area contributed by atoms with Crippen LogP contribution in [0.4, 0.5) is 0 Å². The minimum atomic E-state index is -0.301. The van der Waals surface area contributed by atoms with Crippen LogP contribution in [0.3, 0.4) is 0 Å². The summed E-state index contributed by atoms with van der Waals surface area (Å²) in [7, 11) is 0. The maximum Gasteiger partial charge on any atom is 0.165 e. The summed E-state index contributed by atoms with van der Waals surface area (Å²) >= 11 is 0. The molecular weight excluding hydrogens is 276 g/mol. The molecule has 1 saturated heterocycles. The molecule has 120 valence electrons. The van der Waals surface area contributed by atoms with Gasteiger partial charge in [0.15, 0.2) is 5.78 Å². The van der Waals surface area contributed by atoms with Gasteiger partial charge in [-0.25, -0.2) is 0 Å². The fourth-order valence-electron chi connectivity index (χ4n) is 7.26. The second kappa shape index (κ2) is 3.87. The van der Waals surface area contributed by atoms with E-state index in [0.29, 0.717) is 23.5 Å². The van der Waals surface area contributed by atoms with E-state index in [1.54, 1.807) is 0 Å². The molecule has 1 aliphatic heterocycles. The molecule has 22 heavy (non-hydrogen) atoms. The molecule has 0 aromatic rings. The van der Waals surface area contributed by atoms with Gasteiger partial charge in [0, 0.05) is 5.41 Å². The van der Waals surface area contributed by atoms with Crippen LogP contribution < -0.4 is 0 Å². The Labute approximate surface area is 132 Å². The lowest BCUT2D eigenvalue weighted by Gasteiger charge is -2.61. The fourth-order valence-corrected chi connectivity index (χ4v) is 7.26. The smallest absolute Gasteiger partial charge is 0.165 e. The molecule has 0 unspecified atom stereocenters. The summed E-state index contributed by atoms with van der Waals surface area (Å²) in [5.41, 5.74) is 0.672. The molecule has 3 nitrogen and oxygen atoms in total. The first-order chi connectivity index (χ1) is 10.4. The number of allylic oxidation sites excluding steroid dienone is 1. The van der Waals surface area contributed by atoms with Gasteiger partial charge in [-0.1, -0.05) is 13.5 Å². The van der Waals surface area contributed by atoms with Crippen LogP contribution in [0.25, 0.3) is 0 Å². The third-order valence-electron chi connectivity index (χ3n) is 8.38. The third-order valence-corrected chi connectivity index (χ3v) is 8.38. The molecule has 3 heteroatoms. The van der Waals surface area contributed by atoms with Crippen LogP contribution in [0, 0.1) is 28.6 Å². The van der Waals surface area contributed by atoms with Crippen molar-refractivity contribution in [2.75, 3.05) is 6.61 Å². The zero-order valence-corrected chi connectivity index (χ0v) is 13.4. The minimum absolute atomic E-state index is 0.121. The van der Waals surface area contributed by atoms with Crippen molar-refractivity contribution in [3.05, 3.63) is 12.2 Å². The number of carbonyl (C=O) groups is 1. The standard InChI is InChI=1S/C19H26O3/c1-11-12-3-4-13-17(2)7-6-15(20)19(10-22-19)14(17)5-8-18(13,9-12)16(11)21/h12-15,20H,1,3-10H2,2H3/t12-,13+,14+,15-,17+,18-,19-/m1/s1. The zero-order chi connectivity index (χ0) is 15.3. The van der Waals surface area contributed by atoms with Crippen LogP contribution in [-0.2, 0) is 9.53 Å². The van der Waals surface area contributed by atoms with E-state index in [-0.39, 0.29) is 22.5 Å². The monoisotopic (exact) mass is 302 g/mol. The van der Waals surface area contributed by atoms with Crippen molar-refractivity contribution < 1.29 is 14.6 Å². The SMILES string of the molecule is C=C1C(=O)[C@@]23CC[C@H]4[C@@](C)(CC[C@@H](O)[C@@]45CO5)[C@@H]2CC[C@@H]1C3. The van der Waals surface area contributed by atoms with E-state index in [2.05, 4.69) is 13.5 Å². The molecule has 5 aliphatic rings. The van der Waals surface area contributed by atoms with Gasteiger partial charge < -0.3 is 9.84 Å². The van der Waals surface area contributed by atoms with E-state index in [1.807, 2.05) is 0 Å². The summed E-state index contributed by atoms with van der Waals surface area (Å²) in [6, 6.07) is 0. The van der Waals surface area contributed by atoms with E-state index in [4.69, 9.17) is 4.74 Å². The Morgan fingerprint density at radius 3 is 2.68 bits per heavy atom. The van der Waals surface area contributed by atoms with E-state index >= 15 is 0 Å². The quantitative estimate of drug-likeness (QED) is 0.553. The molecule has 1 N–H and O–H groups in total. The summed E-state index contributed by atoms with van der Waals surface area (Å²) in [5, 5.41) is 10.5. The number of aliphatic hydroxyl groups excluding tert-OH is 1. The molecule has 0 aromatic carbocycles. The largest absolute Gasteiger partial charge is 0.390 e. The van der Waals surface area contributed by atoms with Crippen molar-refractivity contribution in [3.63, 3.8) is 0 Å². The predicted molar refractivity (Wildman–Crippen MR) is 82.2 cm³/mol. The molecule has 0 aromatic heterocycles. The molecule has 7 atom stereocenters. The number of hydrogen-bond donors (Lipinski definition) is 1. The van der Waals surface area contributed by atoms with Crippen molar-refractivity contribution in [1.82, 2.24) is 0 Å². The number of ketones is 1. The Hall–Kier alpha value is -0.670. The van der Waals surface area contributed by atoms with Crippen LogP contribution in [0.5, 0.6) is 0 Å². The zero-order valence-electron chi connectivity index (χ0n) is 13.4. The highest BCUT2D eigenvalue weighted by Gasteiger charge is 2.72. The molecule has 4 aliphatic carbocycles. The number of fused-ring (bicyclic) bond motifs is 4. The average Bonchev–Trinajstić information content (AvgIpc) is 3.28. The van der Waals surface area contributed by atoms with E-state index in [0.717, 1.165) is 57.1 Å². The number of ether oxygens (including phenoxy) is 1. The number of Topliss-reactive ketones (excluding diaryl/α,β-unsaturated/α-hetero) is 1. The van der Waals surface area contributed by atoms with Gasteiger partial charge in [0.05, 0.1) is 12.7 Å². The van der Waals surface area contributed by atoms with Gasteiger partial charge in [0.25, 0.3) is 0 Å². The number of hydrogen-bond acceptors (Lipinski definition) is 3. The lowest BCUT2D eigenvalue weighted by molar-refractivity contribution is -0.167.